The standard InChI is InChI=1S/C19H23N5O3S/c1-12(25)20-10-17-11-24(19(26)27-17)16-4-3-14-5-7-23(8-6-15(14)9-16)18-22-21-13(2)28-18/h3-4,9,17H,5-8,10-11H2,1-2H3,(H,20,25)/t17-/m0/s1. The number of amides is 2. The monoisotopic (exact) mass is 401 g/mol. The van der Waals surface area contributed by atoms with Gasteiger partial charge in [-0.15, -0.1) is 10.2 Å². The van der Waals surface area contributed by atoms with Gasteiger partial charge in [0.05, 0.1) is 13.1 Å². The molecule has 1 aromatic carbocycles. The van der Waals surface area contributed by atoms with Crippen LogP contribution in [0.2, 0.25) is 0 Å². The van der Waals surface area contributed by atoms with Crippen molar-refractivity contribution < 1.29 is 14.3 Å². The summed E-state index contributed by atoms with van der Waals surface area (Å²) >= 11 is 1.62. The number of aromatic nitrogens is 2. The number of nitrogens with zero attached hydrogens (tertiary/aromatic N) is 4. The van der Waals surface area contributed by atoms with Crippen molar-refractivity contribution in [1.29, 1.82) is 0 Å². The number of anilines is 2. The first-order valence-corrected chi connectivity index (χ1v) is 10.2. The highest BCUT2D eigenvalue weighted by molar-refractivity contribution is 7.15. The predicted octanol–water partition coefficient (Wildman–Crippen LogP) is 1.91. The van der Waals surface area contributed by atoms with E-state index in [0.29, 0.717) is 13.1 Å². The normalized spacial score (nSPS) is 19.2. The summed E-state index contributed by atoms with van der Waals surface area (Å²) in [5, 5.41) is 13.0. The van der Waals surface area contributed by atoms with Gasteiger partial charge >= 0.3 is 6.09 Å². The quantitative estimate of drug-likeness (QED) is 0.842. The molecule has 1 fully saturated rings. The van der Waals surface area contributed by atoms with Gasteiger partial charge in [0.15, 0.2) is 0 Å². The van der Waals surface area contributed by atoms with E-state index in [9.17, 15) is 9.59 Å². The van der Waals surface area contributed by atoms with Gasteiger partial charge in [0.1, 0.15) is 11.1 Å². The van der Waals surface area contributed by atoms with E-state index >= 15 is 0 Å². The van der Waals surface area contributed by atoms with Gasteiger partial charge in [-0.1, -0.05) is 17.4 Å². The highest BCUT2D eigenvalue weighted by Crippen LogP contribution is 2.28. The third-order valence-corrected chi connectivity index (χ3v) is 5.94. The molecule has 1 saturated heterocycles. The lowest BCUT2D eigenvalue weighted by Crippen LogP contribution is -2.33. The summed E-state index contributed by atoms with van der Waals surface area (Å²) in [5.74, 6) is -0.130. The van der Waals surface area contributed by atoms with Gasteiger partial charge in [0, 0.05) is 25.7 Å². The third kappa shape index (κ3) is 3.94. The topological polar surface area (TPSA) is 87.7 Å². The summed E-state index contributed by atoms with van der Waals surface area (Å²) < 4.78 is 5.37. The number of hydrogen-bond acceptors (Lipinski definition) is 7. The fourth-order valence-corrected chi connectivity index (χ4v) is 4.32. The number of carbonyl (C=O) groups is 2. The van der Waals surface area contributed by atoms with E-state index < -0.39 is 0 Å². The molecule has 148 valence electrons. The summed E-state index contributed by atoms with van der Waals surface area (Å²) in [6, 6.07) is 6.17. The van der Waals surface area contributed by atoms with Crippen molar-refractivity contribution in [2.75, 3.05) is 36.0 Å². The van der Waals surface area contributed by atoms with E-state index in [2.05, 4.69) is 32.5 Å². The summed E-state index contributed by atoms with van der Waals surface area (Å²) in [6.45, 7) is 5.97. The van der Waals surface area contributed by atoms with Crippen molar-refractivity contribution in [3.8, 4) is 0 Å². The lowest BCUT2D eigenvalue weighted by molar-refractivity contribution is -0.119. The molecule has 1 N–H and O–H groups in total. The molecule has 2 amide bonds. The van der Waals surface area contributed by atoms with Crippen LogP contribution in [0.15, 0.2) is 18.2 Å². The maximum atomic E-state index is 12.3. The van der Waals surface area contributed by atoms with Crippen LogP contribution in [0.4, 0.5) is 15.6 Å². The Kier molecular flexibility index (Phi) is 5.17. The molecular formula is C19H23N5O3S. The molecule has 2 aliphatic heterocycles. The average molecular weight is 401 g/mol. The Hall–Kier alpha value is -2.68. The van der Waals surface area contributed by atoms with Crippen molar-refractivity contribution in [3.63, 3.8) is 0 Å². The number of rotatable bonds is 4. The number of benzene rings is 1. The Labute approximate surface area is 167 Å². The van der Waals surface area contributed by atoms with Crippen LogP contribution in [0, 0.1) is 6.92 Å². The van der Waals surface area contributed by atoms with Gasteiger partial charge in [-0.2, -0.15) is 0 Å². The Bertz CT molecular complexity index is 899. The van der Waals surface area contributed by atoms with Crippen molar-refractivity contribution in [1.82, 2.24) is 15.5 Å². The number of carbonyl (C=O) groups excluding carboxylic acids is 2. The Morgan fingerprint density at radius 2 is 2.07 bits per heavy atom. The fraction of sp³-hybridized carbons (Fsp3) is 0.474. The zero-order chi connectivity index (χ0) is 19.7. The zero-order valence-corrected chi connectivity index (χ0v) is 16.8. The molecule has 9 heteroatoms. The van der Waals surface area contributed by atoms with E-state index in [1.54, 1.807) is 16.2 Å². The van der Waals surface area contributed by atoms with Crippen LogP contribution < -0.4 is 15.1 Å². The first-order chi connectivity index (χ1) is 13.5. The van der Waals surface area contributed by atoms with Gasteiger partial charge in [0.25, 0.3) is 0 Å². The molecule has 2 aromatic rings. The second kappa shape index (κ2) is 7.75. The molecule has 28 heavy (non-hydrogen) atoms. The fourth-order valence-electron chi connectivity index (χ4n) is 3.58. The van der Waals surface area contributed by atoms with E-state index in [-0.39, 0.29) is 18.1 Å². The van der Waals surface area contributed by atoms with Crippen LogP contribution >= 0.6 is 11.3 Å². The number of aryl methyl sites for hydroxylation is 1. The molecule has 3 heterocycles. The van der Waals surface area contributed by atoms with Crippen molar-refractivity contribution >= 4 is 34.2 Å². The molecule has 0 spiro atoms. The second-order valence-corrected chi connectivity index (χ2v) is 8.26. The number of cyclic esters (lactones) is 1. The van der Waals surface area contributed by atoms with Crippen LogP contribution in [0.1, 0.15) is 23.1 Å². The Morgan fingerprint density at radius 3 is 2.79 bits per heavy atom. The second-order valence-electron chi connectivity index (χ2n) is 7.10. The van der Waals surface area contributed by atoms with Crippen LogP contribution in [0.3, 0.4) is 0 Å². The zero-order valence-electron chi connectivity index (χ0n) is 16.0. The highest BCUT2D eigenvalue weighted by atomic mass is 32.1. The molecule has 8 nitrogen and oxygen atoms in total. The van der Waals surface area contributed by atoms with E-state index in [1.807, 2.05) is 13.0 Å². The summed E-state index contributed by atoms with van der Waals surface area (Å²) in [4.78, 5) is 27.3. The first-order valence-electron chi connectivity index (χ1n) is 9.39. The largest absolute Gasteiger partial charge is 0.442 e. The van der Waals surface area contributed by atoms with Gasteiger partial charge in [-0.3, -0.25) is 9.69 Å². The molecule has 0 aliphatic carbocycles. The molecule has 2 aliphatic rings. The summed E-state index contributed by atoms with van der Waals surface area (Å²) in [6.07, 6.45) is 1.13. The highest BCUT2D eigenvalue weighted by Gasteiger charge is 2.32. The maximum absolute atomic E-state index is 12.3. The third-order valence-electron chi connectivity index (χ3n) is 5.04. The molecule has 1 atom stereocenters. The van der Waals surface area contributed by atoms with Crippen molar-refractivity contribution in [3.05, 3.63) is 34.3 Å². The van der Waals surface area contributed by atoms with E-state index in [1.165, 1.54) is 18.1 Å². The molecule has 0 bridgehead atoms. The molecule has 1 aromatic heterocycles. The van der Waals surface area contributed by atoms with Gasteiger partial charge < -0.3 is 15.0 Å². The van der Waals surface area contributed by atoms with Gasteiger partial charge in [0.2, 0.25) is 11.0 Å². The minimum atomic E-state index is -0.366. The minimum absolute atomic E-state index is 0.130. The van der Waals surface area contributed by atoms with Crippen molar-refractivity contribution in [2.24, 2.45) is 0 Å². The lowest BCUT2D eigenvalue weighted by Gasteiger charge is -2.17. The molecule has 0 unspecified atom stereocenters. The molecular weight excluding hydrogens is 378 g/mol. The van der Waals surface area contributed by atoms with Crippen LogP contribution in [-0.2, 0) is 22.4 Å². The Balaban J connectivity index is 1.46. The van der Waals surface area contributed by atoms with Crippen molar-refractivity contribution in [2.45, 2.75) is 32.8 Å². The Morgan fingerprint density at radius 1 is 1.29 bits per heavy atom. The smallest absolute Gasteiger partial charge is 0.414 e. The van der Waals surface area contributed by atoms with Gasteiger partial charge in [-0.05, 0) is 43.0 Å². The first kappa shape index (κ1) is 18.7. The summed E-state index contributed by atoms with van der Waals surface area (Å²) in [5.41, 5.74) is 3.39. The minimum Gasteiger partial charge on any atom is -0.442 e. The predicted molar refractivity (Wildman–Crippen MR) is 107 cm³/mol. The summed E-state index contributed by atoms with van der Waals surface area (Å²) in [7, 11) is 0. The number of nitrogens with one attached hydrogen (secondary N) is 1. The number of hydrogen-bond donors (Lipinski definition) is 1. The number of ether oxygens (including phenoxy) is 1. The average Bonchev–Trinajstić information content (AvgIpc) is 3.19. The van der Waals surface area contributed by atoms with Crippen LogP contribution in [-0.4, -0.2) is 54.5 Å². The lowest BCUT2D eigenvalue weighted by atomic mass is 10.0. The molecule has 4 rings (SSSR count). The SMILES string of the molecule is CC(=O)NC[C@H]1CN(c2ccc3c(c2)CCN(c2nnc(C)s2)CC3)C(=O)O1. The van der Waals surface area contributed by atoms with Gasteiger partial charge in [-0.25, -0.2) is 4.79 Å². The molecule has 0 saturated carbocycles. The van der Waals surface area contributed by atoms with E-state index in [0.717, 1.165) is 41.8 Å². The van der Waals surface area contributed by atoms with E-state index in [4.69, 9.17) is 4.74 Å². The van der Waals surface area contributed by atoms with Crippen LogP contribution in [0.5, 0.6) is 0 Å². The van der Waals surface area contributed by atoms with Crippen LogP contribution in [0.25, 0.3) is 0 Å². The molecule has 0 radical (unpaired) electrons. The number of fused-ring (bicyclic) bond motifs is 1. The maximum Gasteiger partial charge on any atom is 0.414 e.